The molecule has 1 aliphatic heterocycles. The Bertz CT molecular complexity index is 1910. The van der Waals surface area contributed by atoms with Crippen LogP contribution in [0.15, 0.2) is 12.7 Å². The van der Waals surface area contributed by atoms with E-state index in [0.29, 0.717) is 11.8 Å². The van der Waals surface area contributed by atoms with E-state index < -0.39 is 102 Å². The third-order valence-corrected chi connectivity index (χ3v) is 11.9. The van der Waals surface area contributed by atoms with Crippen molar-refractivity contribution in [2.45, 2.75) is 57.3 Å². The molecule has 1 aliphatic rings. The molecule has 0 radical (unpaired) electrons. The number of amides is 2. The average molecular weight is 912 g/mol. The lowest BCUT2D eigenvalue weighted by atomic mass is 9.87. The molecule has 8 atom stereocenters. The molecule has 3 unspecified atom stereocenters. The van der Waals surface area contributed by atoms with E-state index in [2.05, 4.69) is 43.5 Å². The van der Waals surface area contributed by atoms with Crippen molar-refractivity contribution in [2.75, 3.05) is 43.7 Å². The van der Waals surface area contributed by atoms with Crippen LogP contribution in [-0.4, -0.2) is 120 Å². The fraction of sp³-hybridized carbons (Fsp3) is 0.654. The number of anilines is 1. The zero-order chi connectivity index (χ0) is 42.9. The van der Waals surface area contributed by atoms with Gasteiger partial charge in [-0.05, 0) is 6.42 Å². The molecule has 2 aromatic rings. The number of phosphoric acid groups is 3. The van der Waals surface area contributed by atoms with Crippen molar-refractivity contribution in [2.24, 2.45) is 11.3 Å². The van der Waals surface area contributed by atoms with Crippen LogP contribution in [0.2, 0.25) is 0 Å². The van der Waals surface area contributed by atoms with Gasteiger partial charge in [-0.25, -0.2) is 19.3 Å². The standard InChI is InChI=1S/C26H41ClN7O19P3S/c1-26(2,19(37)22(38)30-6-4-15(35)29-7-8-57-25(41)13(3-5-27)24(39)40)10-50-56(47,48)53-55(45,46)49-9-14-18(52-54(42,43)44)17(36)23(51-14)34-12-33-16-20(28)31-11-32-21(16)34/h11-14,17-19,23,36-37H,3-10H2,1-2H3,(H,29,35)(H,30,38)(H,39,40)(H,45,46)(H,47,48)(H2,28,31,32)(H2,42,43,44)/p-4/t13?,14-,17-,18-,19+,23-/m1/s1. The van der Waals surface area contributed by atoms with E-state index in [4.69, 9.17) is 27.2 Å². The Hall–Kier alpha value is -2.68. The maximum absolute atomic E-state index is 12.5. The van der Waals surface area contributed by atoms with Crippen LogP contribution < -0.4 is 35.9 Å². The van der Waals surface area contributed by atoms with Gasteiger partial charge < -0.3 is 74.1 Å². The number of aliphatic hydroxyl groups excluding tert-OH is 2. The van der Waals surface area contributed by atoms with Crippen molar-refractivity contribution in [3.8, 4) is 0 Å². The number of aliphatic carboxylic acids is 1. The molecule has 1 fully saturated rings. The van der Waals surface area contributed by atoms with E-state index in [0.717, 1.165) is 31.1 Å². The number of hydrogen-bond donors (Lipinski definition) is 6. The van der Waals surface area contributed by atoms with E-state index in [1.54, 1.807) is 0 Å². The quantitative estimate of drug-likeness (QED) is 0.0272. The molecule has 2 amide bonds. The van der Waals surface area contributed by atoms with Crippen LogP contribution in [0.4, 0.5) is 5.82 Å². The van der Waals surface area contributed by atoms with Crippen LogP contribution in [0.3, 0.4) is 0 Å². The molecule has 0 bridgehead atoms. The molecule has 322 valence electrons. The Kier molecular flexibility index (Phi) is 17.5. The number of nitrogen functional groups attached to an aromatic ring is 1. The van der Waals surface area contributed by atoms with Gasteiger partial charge in [-0.2, -0.15) is 0 Å². The van der Waals surface area contributed by atoms with Crippen molar-refractivity contribution < 1.29 is 90.4 Å². The number of nitrogens with one attached hydrogen (secondary N) is 2. The minimum atomic E-state index is -5.94. The first kappa shape index (κ1) is 48.7. The van der Waals surface area contributed by atoms with E-state index in [1.165, 1.54) is 0 Å². The van der Waals surface area contributed by atoms with E-state index in [-0.39, 0.29) is 54.5 Å². The summed E-state index contributed by atoms with van der Waals surface area (Å²) in [7, 11) is -17.7. The number of carbonyl (C=O) groups is 4. The SMILES string of the molecule is CC(C)(COP(=O)([O-])OP(=O)([O-])OC[C@H]1O[C@@H](n2cnc3c(N)ncnc32)[C@H](O)[C@@H]1OP(=O)([O-])[O-])[C@@H](O)C(=O)NCCC(=O)NCCSC(=O)C(CCCl)C(=O)O. The molecule has 7 N–H and O–H groups in total. The first-order chi connectivity index (χ1) is 26.4. The van der Waals surface area contributed by atoms with Gasteiger partial charge in [0.15, 0.2) is 17.7 Å². The second-order valence-electron chi connectivity index (χ2n) is 12.5. The molecule has 3 rings (SSSR count). The molecule has 3 heterocycles. The second-order valence-corrected chi connectivity index (χ2v) is 18.1. The lowest BCUT2D eigenvalue weighted by Crippen LogP contribution is -2.46. The number of thioether (sulfide) groups is 1. The Balaban J connectivity index is 1.49. The van der Waals surface area contributed by atoms with Crippen LogP contribution in [0.5, 0.6) is 0 Å². The van der Waals surface area contributed by atoms with E-state index in [9.17, 15) is 62.7 Å². The Morgan fingerprint density at radius 2 is 1.75 bits per heavy atom. The minimum Gasteiger partial charge on any atom is -0.790 e. The largest absolute Gasteiger partial charge is 0.790 e. The average Bonchev–Trinajstić information content (AvgIpc) is 3.66. The summed E-state index contributed by atoms with van der Waals surface area (Å²) >= 11 is 6.20. The van der Waals surface area contributed by atoms with Crippen molar-refractivity contribution in [3.63, 3.8) is 0 Å². The minimum absolute atomic E-state index is 0.0165. The summed E-state index contributed by atoms with van der Waals surface area (Å²) in [4.78, 5) is 107. The van der Waals surface area contributed by atoms with Gasteiger partial charge in [0.25, 0.3) is 15.6 Å². The lowest BCUT2D eigenvalue weighted by molar-refractivity contribution is -0.347. The number of nitrogens with zero attached hydrogens (tertiary/aromatic N) is 4. The number of carbonyl (C=O) groups excluding carboxylic acids is 3. The molecule has 57 heavy (non-hydrogen) atoms. The highest BCUT2D eigenvalue weighted by molar-refractivity contribution is 8.13. The molecule has 26 nitrogen and oxygen atoms in total. The van der Waals surface area contributed by atoms with Crippen LogP contribution in [0.1, 0.15) is 32.9 Å². The summed E-state index contributed by atoms with van der Waals surface area (Å²) in [5, 5.41) is 34.4. The smallest absolute Gasteiger partial charge is 0.315 e. The van der Waals surface area contributed by atoms with Crippen molar-refractivity contribution in [1.29, 1.82) is 0 Å². The number of fused-ring (bicyclic) bond motifs is 1. The fourth-order valence-corrected chi connectivity index (χ4v) is 8.59. The fourth-order valence-electron chi connectivity index (χ4n) is 4.81. The van der Waals surface area contributed by atoms with Crippen molar-refractivity contribution in [1.82, 2.24) is 30.2 Å². The number of halogens is 1. The van der Waals surface area contributed by atoms with Crippen molar-refractivity contribution in [3.05, 3.63) is 12.7 Å². The maximum atomic E-state index is 12.5. The molecule has 31 heteroatoms. The van der Waals surface area contributed by atoms with Gasteiger partial charge in [0.05, 0.1) is 27.4 Å². The lowest BCUT2D eigenvalue weighted by Gasteiger charge is -2.36. The highest BCUT2D eigenvalue weighted by Crippen LogP contribution is 2.56. The summed E-state index contributed by atoms with van der Waals surface area (Å²) in [6.45, 7) is -0.335. The van der Waals surface area contributed by atoms with Crippen LogP contribution in [-0.2, 0) is 55.5 Å². The number of rotatable bonds is 23. The monoisotopic (exact) mass is 911 g/mol. The third-order valence-electron chi connectivity index (χ3n) is 7.70. The van der Waals surface area contributed by atoms with E-state index in [1.807, 2.05) is 0 Å². The Morgan fingerprint density at radius 3 is 2.39 bits per heavy atom. The molecular formula is C26H37ClN7O19P3S-4. The number of aliphatic hydroxyl groups is 2. The summed E-state index contributed by atoms with van der Waals surface area (Å²) in [6, 6.07) is 0. The summed E-state index contributed by atoms with van der Waals surface area (Å²) in [5.74, 6) is -4.33. The zero-order valence-electron chi connectivity index (χ0n) is 29.6. The second kappa shape index (κ2) is 20.5. The van der Waals surface area contributed by atoms with Crippen LogP contribution in [0.25, 0.3) is 11.2 Å². The predicted molar refractivity (Wildman–Crippen MR) is 185 cm³/mol. The first-order valence-corrected chi connectivity index (χ1v) is 22.1. The maximum Gasteiger partial charge on any atom is 0.315 e. The first-order valence-electron chi connectivity index (χ1n) is 16.2. The van der Waals surface area contributed by atoms with Crippen LogP contribution >= 0.6 is 46.8 Å². The molecular weight excluding hydrogens is 875 g/mol. The van der Waals surface area contributed by atoms with Gasteiger partial charge in [-0.1, -0.05) is 25.6 Å². The molecule has 0 saturated carbocycles. The number of phosphoric ester groups is 3. The van der Waals surface area contributed by atoms with Gasteiger partial charge in [0.1, 0.15) is 42.2 Å². The van der Waals surface area contributed by atoms with E-state index >= 15 is 0 Å². The number of carboxylic acid groups (broad SMARTS) is 1. The number of ether oxygens (including phenoxy) is 1. The van der Waals surface area contributed by atoms with Gasteiger partial charge in [-0.15, -0.1) is 11.6 Å². The number of imidazole rings is 1. The number of nitrogens with two attached hydrogens (primary N) is 1. The number of alkyl halides is 1. The van der Waals surface area contributed by atoms with Gasteiger partial charge in [0, 0.05) is 36.6 Å². The molecule has 0 aromatic carbocycles. The highest BCUT2D eigenvalue weighted by Gasteiger charge is 2.47. The summed E-state index contributed by atoms with van der Waals surface area (Å²) in [5.41, 5.74) is 3.98. The summed E-state index contributed by atoms with van der Waals surface area (Å²) in [6.07, 6.45) is -7.90. The van der Waals surface area contributed by atoms with Crippen LogP contribution in [0, 0.1) is 11.3 Å². The Morgan fingerprint density at radius 1 is 1.09 bits per heavy atom. The normalized spacial score (nSPS) is 22.0. The zero-order valence-corrected chi connectivity index (χ0v) is 33.9. The molecule has 1 saturated heterocycles. The molecule has 0 aliphatic carbocycles. The third kappa shape index (κ3) is 14.5. The topological polar surface area (TPSA) is 412 Å². The van der Waals surface area contributed by atoms with Gasteiger partial charge in [-0.3, -0.25) is 32.9 Å². The number of carboxylic acids is 1. The van der Waals surface area contributed by atoms with Gasteiger partial charge in [0.2, 0.25) is 16.9 Å². The number of hydrogen-bond acceptors (Lipinski definition) is 23. The summed E-state index contributed by atoms with van der Waals surface area (Å²) < 4.78 is 60.3. The Labute approximate surface area is 331 Å². The van der Waals surface area contributed by atoms with Crippen molar-refractivity contribution >= 4 is 86.7 Å². The van der Waals surface area contributed by atoms with Gasteiger partial charge >= 0.3 is 5.97 Å². The highest BCUT2D eigenvalue weighted by atomic mass is 35.5. The molecule has 0 spiro atoms. The molecule has 2 aromatic heterocycles. The number of aromatic nitrogens is 4. The predicted octanol–water partition coefficient (Wildman–Crippen LogP) is -3.53.